The van der Waals surface area contributed by atoms with Crippen molar-refractivity contribution in [3.63, 3.8) is 0 Å². The lowest BCUT2D eigenvalue weighted by molar-refractivity contribution is 0.101. The van der Waals surface area contributed by atoms with Crippen LogP contribution < -0.4 is 5.73 Å². The fraction of sp³-hybridized carbons (Fsp3) is 0.500. The molecule has 0 aliphatic rings. The van der Waals surface area contributed by atoms with Crippen LogP contribution in [0.25, 0.3) is 0 Å². The zero-order valence-corrected chi connectivity index (χ0v) is 7.53. The first-order valence-electron chi connectivity index (χ1n) is 3.88. The van der Waals surface area contributed by atoms with Gasteiger partial charge in [-0.15, -0.1) is 0 Å². The molecule has 12 heavy (non-hydrogen) atoms. The van der Waals surface area contributed by atoms with E-state index < -0.39 is 0 Å². The topological polar surface area (TPSA) is 60.9 Å². The van der Waals surface area contributed by atoms with E-state index >= 15 is 0 Å². The highest BCUT2D eigenvalue weighted by Crippen LogP contribution is 2.15. The quantitative estimate of drug-likeness (QED) is 0.674. The van der Waals surface area contributed by atoms with Crippen molar-refractivity contribution < 1.29 is 4.79 Å². The van der Waals surface area contributed by atoms with Crippen LogP contribution in [0.5, 0.6) is 0 Å². The first kappa shape index (κ1) is 8.77. The molecule has 2 N–H and O–H groups in total. The minimum atomic E-state index is -0.0422. The average Bonchev–Trinajstić information content (AvgIpc) is 2.30. The van der Waals surface area contributed by atoms with Crippen molar-refractivity contribution in [3.05, 3.63) is 11.8 Å². The van der Waals surface area contributed by atoms with E-state index in [0.29, 0.717) is 11.4 Å². The Balaban J connectivity index is 3.13. The molecule has 0 unspecified atom stereocenters. The summed E-state index contributed by atoms with van der Waals surface area (Å²) in [4.78, 5) is 11.0. The van der Waals surface area contributed by atoms with Crippen molar-refractivity contribution in [2.75, 3.05) is 5.73 Å². The summed E-state index contributed by atoms with van der Waals surface area (Å²) in [6, 6.07) is 0.193. The largest absolute Gasteiger partial charge is 0.383 e. The van der Waals surface area contributed by atoms with Crippen molar-refractivity contribution in [3.8, 4) is 0 Å². The number of aromatic nitrogens is 2. The molecule has 0 aliphatic heterocycles. The third kappa shape index (κ3) is 1.32. The number of anilines is 1. The molecule has 66 valence electrons. The van der Waals surface area contributed by atoms with Gasteiger partial charge in [-0.05, 0) is 20.8 Å². The van der Waals surface area contributed by atoms with E-state index in [9.17, 15) is 4.79 Å². The third-order valence-electron chi connectivity index (χ3n) is 1.70. The van der Waals surface area contributed by atoms with Gasteiger partial charge in [0.2, 0.25) is 0 Å². The lowest BCUT2D eigenvalue weighted by Crippen LogP contribution is -2.08. The van der Waals surface area contributed by atoms with E-state index in [4.69, 9.17) is 5.73 Å². The van der Waals surface area contributed by atoms with Crippen LogP contribution in [0.2, 0.25) is 0 Å². The number of carbonyl (C=O) groups excluding carboxylic acids is 1. The lowest BCUT2D eigenvalue weighted by Gasteiger charge is -2.07. The summed E-state index contributed by atoms with van der Waals surface area (Å²) in [7, 11) is 0. The smallest absolute Gasteiger partial charge is 0.165 e. The predicted molar refractivity (Wildman–Crippen MR) is 47.0 cm³/mol. The van der Waals surface area contributed by atoms with Crippen molar-refractivity contribution in [1.29, 1.82) is 0 Å². The summed E-state index contributed by atoms with van der Waals surface area (Å²) in [6.45, 7) is 5.42. The molecule has 1 rings (SSSR count). The summed E-state index contributed by atoms with van der Waals surface area (Å²) in [6.07, 6.45) is 1.51. The number of nitrogens with zero attached hydrogens (tertiary/aromatic N) is 2. The Morgan fingerprint density at radius 2 is 2.25 bits per heavy atom. The van der Waals surface area contributed by atoms with Crippen LogP contribution in [-0.4, -0.2) is 15.6 Å². The molecule has 0 saturated heterocycles. The second-order valence-electron chi connectivity index (χ2n) is 3.04. The van der Waals surface area contributed by atoms with Crippen LogP contribution in [0, 0.1) is 0 Å². The lowest BCUT2D eigenvalue weighted by atomic mass is 10.2. The number of ketones is 1. The summed E-state index contributed by atoms with van der Waals surface area (Å²) in [5, 5.41) is 4.01. The number of carbonyl (C=O) groups is 1. The number of Topliss-reactive ketones (excluding diaryl/α,β-unsaturated/α-hetero) is 1. The Morgan fingerprint density at radius 1 is 1.67 bits per heavy atom. The summed E-state index contributed by atoms with van der Waals surface area (Å²) in [5.74, 6) is 0.414. The van der Waals surface area contributed by atoms with Gasteiger partial charge in [0.25, 0.3) is 0 Å². The molecule has 1 aromatic rings. The van der Waals surface area contributed by atoms with Crippen molar-refractivity contribution >= 4 is 11.6 Å². The molecule has 0 bridgehead atoms. The fourth-order valence-electron chi connectivity index (χ4n) is 1.05. The van der Waals surface area contributed by atoms with Crippen LogP contribution in [0.4, 0.5) is 5.82 Å². The van der Waals surface area contributed by atoms with Gasteiger partial charge in [-0.25, -0.2) is 4.68 Å². The van der Waals surface area contributed by atoms with E-state index in [1.165, 1.54) is 13.1 Å². The molecule has 0 fully saturated rings. The second kappa shape index (κ2) is 2.97. The Bertz CT molecular complexity index is 301. The Labute approximate surface area is 71.4 Å². The van der Waals surface area contributed by atoms with E-state index in [1.54, 1.807) is 4.68 Å². The maximum absolute atomic E-state index is 11.0. The summed E-state index contributed by atoms with van der Waals surface area (Å²) >= 11 is 0. The Kier molecular flexibility index (Phi) is 2.17. The molecule has 0 atom stereocenters. The molecule has 0 spiro atoms. The van der Waals surface area contributed by atoms with Crippen LogP contribution in [0.15, 0.2) is 6.20 Å². The highest BCUT2D eigenvalue weighted by molar-refractivity contribution is 5.98. The zero-order valence-electron chi connectivity index (χ0n) is 7.53. The standard InChI is InChI=1S/C8H13N3O/c1-5(2)11-8(9)7(4-10-11)6(3)12/h4-5H,9H2,1-3H3. The summed E-state index contributed by atoms with van der Waals surface area (Å²) in [5.41, 5.74) is 6.19. The minimum absolute atomic E-state index is 0.0422. The number of rotatable bonds is 2. The SMILES string of the molecule is CC(=O)c1cnn(C(C)C)c1N. The highest BCUT2D eigenvalue weighted by atomic mass is 16.1. The minimum Gasteiger partial charge on any atom is -0.383 e. The molecule has 4 heteroatoms. The van der Waals surface area contributed by atoms with Gasteiger partial charge in [0.05, 0.1) is 11.8 Å². The van der Waals surface area contributed by atoms with Crippen LogP contribution in [-0.2, 0) is 0 Å². The second-order valence-corrected chi connectivity index (χ2v) is 3.04. The normalized spacial score (nSPS) is 10.7. The van der Waals surface area contributed by atoms with Gasteiger partial charge in [0.15, 0.2) is 5.78 Å². The third-order valence-corrected chi connectivity index (χ3v) is 1.70. The molecule has 0 amide bonds. The van der Waals surface area contributed by atoms with E-state index in [2.05, 4.69) is 5.10 Å². The first-order valence-corrected chi connectivity index (χ1v) is 3.88. The van der Waals surface area contributed by atoms with Gasteiger partial charge in [-0.2, -0.15) is 5.10 Å². The Hall–Kier alpha value is -1.32. The maximum Gasteiger partial charge on any atom is 0.165 e. The van der Waals surface area contributed by atoms with Crippen LogP contribution in [0.1, 0.15) is 37.2 Å². The van der Waals surface area contributed by atoms with E-state index in [1.807, 2.05) is 13.8 Å². The molecule has 4 nitrogen and oxygen atoms in total. The molecule has 1 aromatic heterocycles. The monoisotopic (exact) mass is 167 g/mol. The maximum atomic E-state index is 11.0. The summed E-state index contributed by atoms with van der Waals surface area (Å²) < 4.78 is 1.64. The van der Waals surface area contributed by atoms with Crippen molar-refractivity contribution in [1.82, 2.24) is 9.78 Å². The number of nitrogen functional groups attached to an aromatic ring is 1. The van der Waals surface area contributed by atoms with Crippen LogP contribution >= 0.6 is 0 Å². The van der Waals surface area contributed by atoms with Gasteiger partial charge < -0.3 is 5.73 Å². The first-order chi connectivity index (χ1) is 5.54. The molecule has 0 aromatic carbocycles. The highest BCUT2D eigenvalue weighted by Gasteiger charge is 2.12. The number of hydrogen-bond acceptors (Lipinski definition) is 3. The van der Waals surface area contributed by atoms with Gasteiger partial charge in [0, 0.05) is 6.04 Å². The van der Waals surface area contributed by atoms with E-state index in [0.717, 1.165) is 0 Å². The molecular formula is C8H13N3O. The molecular weight excluding hydrogens is 154 g/mol. The fourth-order valence-corrected chi connectivity index (χ4v) is 1.05. The Morgan fingerprint density at radius 3 is 2.50 bits per heavy atom. The van der Waals surface area contributed by atoms with Gasteiger partial charge in [-0.3, -0.25) is 4.79 Å². The zero-order chi connectivity index (χ0) is 9.30. The molecule has 0 aliphatic carbocycles. The van der Waals surface area contributed by atoms with Crippen molar-refractivity contribution in [2.24, 2.45) is 0 Å². The van der Waals surface area contributed by atoms with Gasteiger partial charge in [-0.1, -0.05) is 0 Å². The van der Waals surface area contributed by atoms with Crippen LogP contribution in [0.3, 0.4) is 0 Å². The molecule has 0 radical (unpaired) electrons. The van der Waals surface area contributed by atoms with Gasteiger partial charge >= 0.3 is 0 Å². The van der Waals surface area contributed by atoms with Crippen molar-refractivity contribution in [2.45, 2.75) is 26.8 Å². The number of hydrogen-bond donors (Lipinski definition) is 1. The predicted octanol–water partition coefficient (Wildman–Crippen LogP) is 1.25. The molecule has 1 heterocycles. The average molecular weight is 167 g/mol. The number of nitrogens with two attached hydrogens (primary N) is 1. The van der Waals surface area contributed by atoms with E-state index in [-0.39, 0.29) is 11.8 Å². The molecule has 0 saturated carbocycles. The van der Waals surface area contributed by atoms with Gasteiger partial charge in [0.1, 0.15) is 5.82 Å².